The topological polar surface area (TPSA) is 43.4 Å². The van der Waals surface area contributed by atoms with Gasteiger partial charge >= 0.3 is 6.61 Å². The zero-order chi connectivity index (χ0) is 12.7. The maximum Gasteiger partial charge on any atom is 0.387 e. The molecule has 1 aromatic heterocycles. The van der Waals surface area contributed by atoms with Gasteiger partial charge in [-0.3, -0.25) is 4.98 Å². The fourth-order valence-corrected chi connectivity index (χ4v) is 1.31. The number of aromatic nitrogens is 1. The van der Waals surface area contributed by atoms with E-state index in [0.29, 0.717) is 25.4 Å². The fourth-order valence-electron chi connectivity index (χ4n) is 1.31. The third kappa shape index (κ3) is 5.06. The Morgan fingerprint density at radius 3 is 2.82 bits per heavy atom. The molecule has 17 heavy (non-hydrogen) atoms. The van der Waals surface area contributed by atoms with Crippen LogP contribution in [-0.4, -0.2) is 31.9 Å². The van der Waals surface area contributed by atoms with Crippen molar-refractivity contribution in [3.63, 3.8) is 0 Å². The number of aryl methyl sites for hydroxylation is 1. The predicted molar refractivity (Wildman–Crippen MR) is 59.2 cm³/mol. The standard InChI is InChI=1S/C11H16F2N2O2/c1-8-3-4-10(17-11(12)13)9(15-8)7-14-5-6-16-2/h3-4,11,14H,5-7H2,1-2H3. The van der Waals surface area contributed by atoms with E-state index >= 15 is 0 Å². The van der Waals surface area contributed by atoms with Crippen molar-refractivity contribution in [3.05, 3.63) is 23.5 Å². The van der Waals surface area contributed by atoms with Crippen molar-refractivity contribution < 1.29 is 18.3 Å². The first-order valence-electron chi connectivity index (χ1n) is 5.24. The second kappa shape index (κ2) is 7.13. The van der Waals surface area contributed by atoms with Crippen LogP contribution in [0.5, 0.6) is 5.75 Å². The van der Waals surface area contributed by atoms with Gasteiger partial charge in [0.05, 0.1) is 12.3 Å². The maximum atomic E-state index is 12.2. The quantitative estimate of drug-likeness (QED) is 0.744. The molecule has 1 rings (SSSR count). The summed E-state index contributed by atoms with van der Waals surface area (Å²) in [5.74, 6) is 0.107. The van der Waals surface area contributed by atoms with Crippen LogP contribution in [-0.2, 0) is 11.3 Å². The normalized spacial score (nSPS) is 10.9. The average molecular weight is 246 g/mol. The lowest BCUT2D eigenvalue weighted by molar-refractivity contribution is -0.0508. The van der Waals surface area contributed by atoms with Gasteiger partial charge in [0.15, 0.2) is 0 Å². The lowest BCUT2D eigenvalue weighted by Crippen LogP contribution is -2.20. The largest absolute Gasteiger partial charge is 0.433 e. The molecule has 0 radical (unpaired) electrons. The molecule has 96 valence electrons. The molecule has 1 heterocycles. The SMILES string of the molecule is COCCNCc1nc(C)ccc1OC(F)F. The number of hydrogen-bond donors (Lipinski definition) is 1. The highest BCUT2D eigenvalue weighted by Gasteiger charge is 2.10. The van der Waals surface area contributed by atoms with Crippen LogP contribution in [0, 0.1) is 6.92 Å². The number of rotatable bonds is 7. The van der Waals surface area contributed by atoms with E-state index in [0.717, 1.165) is 5.69 Å². The smallest absolute Gasteiger partial charge is 0.387 e. The lowest BCUT2D eigenvalue weighted by Gasteiger charge is -2.11. The molecule has 0 saturated carbocycles. The van der Waals surface area contributed by atoms with Gasteiger partial charge in [-0.25, -0.2) is 0 Å². The van der Waals surface area contributed by atoms with Crippen LogP contribution in [0.4, 0.5) is 8.78 Å². The molecule has 1 N–H and O–H groups in total. The van der Waals surface area contributed by atoms with Gasteiger partial charge in [-0.05, 0) is 19.1 Å². The van der Waals surface area contributed by atoms with Crippen molar-refractivity contribution in [3.8, 4) is 5.75 Å². The maximum absolute atomic E-state index is 12.2. The van der Waals surface area contributed by atoms with Gasteiger partial charge < -0.3 is 14.8 Å². The summed E-state index contributed by atoms with van der Waals surface area (Å²) in [5, 5.41) is 3.03. The van der Waals surface area contributed by atoms with Gasteiger partial charge in [-0.15, -0.1) is 0 Å². The fraction of sp³-hybridized carbons (Fsp3) is 0.545. The van der Waals surface area contributed by atoms with Crippen molar-refractivity contribution in [2.75, 3.05) is 20.3 Å². The number of ether oxygens (including phenoxy) is 2. The number of nitrogens with zero attached hydrogens (tertiary/aromatic N) is 1. The van der Waals surface area contributed by atoms with Crippen LogP contribution in [0.3, 0.4) is 0 Å². The van der Waals surface area contributed by atoms with Gasteiger partial charge in [0, 0.05) is 25.9 Å². The van der Waals surface area contributed by atoms with Gasteiger partial charge in [-0.2, -0.15) is 8.78 Å². The van der Waals surface area contributed by atoms with E-state index in [-0.39, 0.29) is 5.75 Å². The Bertz CT molecular complexity index is 348. The van der Waals surface area contributed by atoms with Crippen LogP contribution in [0.25, 0.3) is 0 Å². The van der Waals surface area contributed by atoms with E-state index in [1.807, 2.05) is 0 Å². The number of halogens is 2. The average Bonchev–Trinajstić information content (AvgIpc) is 2.27. The van der Waals surface area contributed by atoms with Crippen molar-refractivity contribution in [1.82, 2.24) is 10.3 Å². The minimum Gasteiger partial charge on any atom is -0.433 e. The molecule has 0 unspecified atom stereocenters. The van der Waals surface area contributed by atoms with Crippen LogP contribution in [0.15, 0.2) is 12.1 Å². The zero-order valence-electron chi connectivity index (χ0n) is 9.87. The summed E-state index contributed by atoms with van der Waals surface area (Å²) < 4.78 is 33.6. The molecular formula is C11H16F2N2O2. The summed E-state index contributed by atoms with van der Waals surface area (Å²) >= 11 is 0. The molecule has 0 aliphatic heterocycles. The molecule has 0 bridgehead atoms. The van der Waals surface area contributed by atoms with Gasteiger partial charge in [0.25, 0.3) is 0 Å². The minimum absolute atomic E-state index is 0.107. The Balaban J connectivity index is 2.63. The third-order valence-corrected chi connectivity index (χ3v) is 2.06. The molecule has 0 aliphatic carbocycles. The highest BCUT2D eigenvalue weighted by atomic mass is 19.3. The molecule has 6 heteroatoms. The van der Waals surface area contributed by atoms with Crippen LogP contribution >= 0.6 is 0 Å². The monoisotopic (exact) mass is 246 g/mol. The Morgan fingerprint density at radius 2 is 2.18 bits per heavy atom. The minimum atomic E-state index is -2.84. The summed E-state index contributed by atoms with van der Waals surface area (Å²) in [7, 11) is 1.60. The van der Waals surface area contributed by atoms with Crippen molar-refractivity contribution in [2.24, 2.45) is 0 Å². The molecule has 0 atom stereocenters. The summed E-state index contributed by atoms with van der Waals surface area (Å²) in [6.07, 6.45) is 0. The first kappa shape index (κ1) is 13.8. The number of alkyl halides is 2. The number of hydrogen-bond acceptors (Lipinski definition) is 4. The highest BCUT2D eigenvalue weighted by molar-refractivity contribution is 5.29. The van der Waals surface area contributed by atoms with Gasteiger partial charge in [0.2, 0.25) is 0 Å². The second-order valence-corrected chi connectivity index (χ2v) is 3.45. The molecule has 0 aromatic carbocycles. The lowest BCUT2D eigenvalue weighted by atomic mass is 10.3. The van der Waals surface area contributed by atoms with Crippen molar-refractivity contribution >= 4 is 0 Å². The van der Waals surface area contributed by atoms with E-state index in [4.69, 9.17) is 4.74 Å². The Kier molecular flexibility index (Phi) is 5.79. The Hall–Kier alpha value is -1.27. The number of nitrogens with one attached hydrogen (secondary N) is 1. The first-order valence-corrected chi connectivity index (χ1v) is 5.24. The Morgan fingerprint density at radius 1 is 1.41 bits per heavy atom. The van der Waals surface area contributed by atoms with E-state index in [1.54, 1.807) is 20.1 Å². The third-order valence-electron chi connectivity index (χ3n) is 2.06. The van der Waals surface area contributed by atoms with E-state index < -0.39 is 6.61 Å². The van der Waals surface area contributed by atoms with E-state index in [1.165, 1.54) is 6.07 Å². The van der Waals surface area contributed by atoms with Crippen LogP contribution in [0.2, 0.25) is 0 Å². The summed E-state index contributed by atoms with van der Waals surface area (Å²) in [6.45, 7) is 0.506. The van der Waals surface area contributed by atoms with Crippen LogP contribution < -0.4 is 10.1 Å². The van der Waals surface area contributed by atoms with E-state index in [9.17, 15) is 8.78 Å². The van der Waals surface area contributed by atoms with Crippen LogP contribution in [0.1, 0.15) is 11.4 Å². The van der Waals surface area contributed by atoms with Crippen molar-refractivity contribution in [1.29, 1.82) is 0 Å². The molecule has 0 saturated heterocycles. The van der Waals surface area contributed by atoms with Gasteiger partial charge in [-0.1, -0.05) is 0 Å². The Labute approximate surface area is 98.9 Å². The second-order valence-electron chi connectivity index (χ2n) is 3.45. The number of pyridine rings is 1. The number of methoxy groups -OCH3 is 1. The molecule has 1 aromatic rings. The molecular weight excluding hydrogens is 230 g/mol. The highest BCUT2D eigenvalue weighted by Crippen LogP contribution is 2.19. The molecule has 0 spiro atoms. The first-order chi connectivity index (χ1) is 8.13. The van der Waals surface area contributed by atoms with E-state index in [2.05, 4.69) is 15.0 Å². The summed E-state index contributed by atoms with van der Waals surface area (Å²) in [4.78, 5) is 4.16. The summed E-state index contributed by atoms with van der Waals surface area (Å²) in [6, 6.07) is 3.14. The zero-order valence-corrected chi connectivity index (χ0v) is 9.87. The molecule has 0 amide bonds. The predicted octanol–water partition coefficient (Wildman–Crippen LogP) is 1.73. The molecule has 4 nitrogen and oxygen atoms in total. The molecule has 0 fully saturated rings. The van der Waals surface area contributed by atoms with Gasteiger partial charge in [0.1, 0.15) is 5.75 Å². The van der Waals surface area contributed by atoms with Crippen molar-refractivity contribution in [2.45, 2.75) is 20.1 Å². The molecule has 0 aliphatic rings. The summed E-state index contributed by atoms with van der Waals surface area (Å²) in [5.41, 5.74) is 1.23.